The molecule has 0 unspecified atom stereocenters. The number of hydrogen-bond acceptors (Lipinski definition) is 6. The molecule has 0 aliphatic carbocycles. The van der Waals surface area contributed by atoms with Crippen LogP contribution in [-0.4, -0.2) is 66.5 Å². The van der Waals surface area contributed by atoms with Gasteiger partial charge >= 0.3 is 0 Å². The molecule has 2 heterocycles. The molecule has 0 spiro atoms. The van der Waals surface area contributed by atoms with Crippen LogP contribution in [0.25, 0.3) is 5.76 Å². The van der Waals surface area contributed by atoms with Crippen LogP contribution in [0.2, 0.25) is 0 Å². The number of amides is 1. The highest BCUT2D eigenvalue weighted by Crippen LogP contribution is 2.41. The zero-order valence-corrected chi connectivity index (χ0v) is 20.5. The number of Topliss-reactive ketones (excluding diaryl/α,β-unsaturated/α-hetero) is 1. The molecule has 1 amide bonds. The monoisotopic (exact) mass is 476 g/mol. The minimum Gasteiger partial charge on any atom is -0.507 e. The van der Waals surface area contributed by atoms with Gasteiger partial charge in [-0.2, -0.15) is 0 Å². The molecule has 1 saturated heterocycles. The quantitative estimate of drug-likeness (QED) is 0.256. The number of likely N-dealkylation sites (tertiary alicyclic amines) is 1. The fraction of sp³-hybridized carbons (Fsp3) is 0.357. The van der Waals surface area contributed by atoms with Crippen LogP contribution in [0.5, 0.6) is 11.5 Å². The number of aliphatic hydroxyl groups is 1. The van der Waals surface area contributed by atoms with Crippen molar-refractivity contribution in [1.29, 1.82) is 0 Å². The van der Waals surface area contributed by atoms with E-state index in [1.165, 1.54) is 0 Å². The van der Waals surface area contributed by atoms with E-state index in [-0.39, 0.29) is 17.4 Å². The smallest absolute Gasteiger partial charge is 0.295 e. The molecule has 7 nitrogen and oxygen atoms in total. The summed E-state index contributed by atoms with van der Waals surface area (Å²) in [6.07, 6.45) is 3.15. The topological polar surface area (TPSA) is 79.3 Å². The van der Waals surface area contributed by atoms with Crippen LogP contribution in [0.1, 0.15) is 36.1 Å². The van der Waals surface area contributed by atoms with Gasteiger partial charge in [0, 0.05) is 18.5 Å². The molecule has 184 valence electrons. The fourth-order valence-corrected chi connectivity index (χ4v) is 4.64. The number of aliphatic hydroxyl groups excluding tert-OH is 1. The Morgan fingerprint density at radius 1 is 1.23 bits per heavy atom. The van der Waals surface area contributed by atoms with Crippen LogP contribution >= 0.6 is 0 Å². The maximum atomic E-state index is 13.2. The van der Waals surface area contributed by atoms with Gasteiger partial charge in [0.2, 0.25) is 0 Å². The molecule has 4 rings (SSSR count). The number of benzene rings is 2. The SMILES string of the molecule is C=CCOc1ccc([C@H]2C(=C(O)c3ccc4c(c3)C[C@@H](C)O4)C(=O)C(=O)N2CCCN(C)C)cc1. The van der Waals surface area contributed by atoms with Crippen LogP contribution in [0, 0.1) is 0 Å². The number of carbonyl (C=O) groups is 2. The Kier molecular flexibility index (Phi) is 7.26. The Morgan fingerprint density at radius 2 is 1.97 bits per heavy atom. The second-order valence-electron chi connectivity index (χ2n) is 9.27. The van der Waals surface area contributed by atoms with Gasteiger partial charge in [-0.05, 0) is 75.4 Å². The first kappa shape index (κ1) is 24.5. The molecular formula is C28H32N2O5. The van der Waals surface area contributed by atoms with Crippen LogP contribution in [0.3, 0.4) is 0 Å². The van der Waals surface area contributed by atoms with Crippen LogP contribution in [0.4, 0.5) is 0 Å². The van der Waals surface area contributed by atoms with Crippen molar-refractivity contribution in [1.82, 2.24) is 9.80 Å². The van der Waals surface area contributed by atoms with Gasteiger partial charge < -0.3 is 24.4 Å². The first-order valence-corrected chi connectivity index (χ1v) is 11.9. The third-order valence-corrected chi connectivity index (χ3v) is 6.28. The molecule has 2 aliphatic heterocycles. The summed E-state index contributed by atoms with van der Waals surface area (Å²) in [5.74, 6) is 0.00320. The molecule has 7 heteroatoms. The van der Waals surface area contributed by atoms with Gasteiger partial charge in [0.15, 0.2) is 0 Å². The predicted octanol–water partition coefficient (Wildman–Crippen LogP) is 3.95. The standard InChI is InChI=1S/C28H32N2O5/c1-5-15-34-22-10-7-19(8-11-22)25-24(27(32)28(33)30(25)14-6-13-29(3)4)26(31)20-9-12-23-21(17-20)16-18(2)35-23/h5,7-12,17-18,25,31H,1,6,13-16H2,2-4H3/t18-,25+/m1/s1. The highest BCUT2D eigenvalue weighted by molar-refractivity contribution is 6.46. The third-order valence-electron chi connectivity index (χ3n) is 6.28. The zero-order chi connectivity index (χ0) is 25.1. The highest BCUT2D eigenvalue weighted by Gasteiger charge is 2.45. The lowest BCUT2D eigenvalue weighted by molar-refractivity contribution is -0.139. The Labute approximate surface area is 206 Å². The Bertz CT molecular complexity index is 1150. The van der Waals surface area contributed by atoms with Crippen LogP contribution in [0.15, 0.2) is 60.7 Å². The minimum atomic E-state index is -0.686. The van der Waals surface area contributed by atoms with E-state index in [1.807, 2.05) is 50.2 Å². The largest absolute Gasteiger partial charge is 0.507 e. The van der Waals surface area contributed by atoms with Gasteiger partial charge in [-0.1, -0.05) is 24.8 Å². The Balaban J connectivity index is 1.74. The fourth-order valence-electron chi connectivity index (χ4n) is 4.64. The van der Waals surface area contributed by atoms with E-state index in [2.05, 4.69) is 6.58 Å². The molecular weight excluding hydrogens is 444 g/mol. The summed E-state index contributed by atoms with van der Waals surface area (Å²) >= 11 is 0. The molecule has 2 aromatic carbocycles. The lowest BCUT2D eigenvalue weighted by Gasteiger charge is -2.26. The molecule has 2 atom stereocenters. The summed E-state index contributed by atoms with van der Waals surface area (Å²) in [6, 6.07) is 12.0. The molecule has 35 heavy (non-hydrogen) atoms. The molecule has 0 radical (unpaired) electrons. The number of hydrogen-bond donors (Lipinski definition) is 1. The van der Waals surface area contributed by atoms with E-state index < -0.39 is 17.7 Å². The van der Waals surface area contributed by atoms with Crippen LogP contribution in [-0.2, 0) is 16.0 Å². The predicted molar refractivity (Wildman–Crippen MR) is 135 cm³/mol. The normalized spacial score (nSPS) is 20.7. The van der Waals surface area contributed by atoms with E-state index in [9.17, 15) is 14.7 Å². The van der Waals surface area contributed by atoms with Crippen molar-refractivity contribution in [2.75, 3.05) is 33.8 Å². The number of carbonyl (C=O) groups excluding carboxylic acids is 2. The lowest BCUT2D eigenvalue weighted by Crippen LogP contribution is -2.32. The first-order chi connectivity index (χ1) is 16.8. The number of rotatable bonds is 9. The lowest BCUT2D eigenvalue weighted by atomic mass is 9.94. The van der Waals surface area contributed by atoms with E-state index in [1.54, 1.807) is 29.2 Å². The molecule has 1 fully saturated rings. The van der Waals surface area contributed by atoms with Gasteiger partial charge in [0.25, 0.3) is 11.7 Å². The summed E-state index contributed by atoms with van der Waals surface area (Å²) in [5.41, 5.74) is 2.32. The van der Waals surface area contributed by atoms with Gasteiger partial charge in [-0.15, -0.1) is 0 Å². The van der Waals surface area contributed by atoms with Crippen molar-refractivity contribution in [2.45, 2.75) is 31.9 Å². The maximum absolute atomic E-state index is 13.2. The minimum absolute atomic E-state index is 0.0616. The summed E-state index contributed by atoms with van der Waals surface area (Å²) in [4.78, 5) is 29.9. The van der Waals surface area contributed by atoms with Crippen molar-refractivity contribution in [3.05, 3.63) is 77.4 Å². The van der Waals surface area contributed by atoms with Gasteiger partial charge in [0.05, 0.1) is 11.6 Å². The number of fused-ring (bicyclic) bond motifs is 1. The average molecular weight is 477 g/mol. The van der Waals surface area contributed by atoms with Crippen molar-refractivity contribution in [2.24, 2.45) is 0 Å². The number of ether oxygens (including phenoxy) is 2. The van der Waals surface area contributed by atoms with Crippen molar-refractivity contribution < 1.29 is 24.2 Å². The summed E-state index contributed by atoms with van der Waals surface area (Å²) in [7, 11) is 3.93. The second-order valence-corrected chi connectivity index (χ2v) is 9.27. The van der Waals surface area contributed by atoms with Crippen molar-refractivity contribution in [3.8, 4) is 11.5 Å². The second kappa shape index (κ2) is 10.4. The van der Waals surface area contributed by atoms with Gasteiger partial charge in [0.1, 0.15) is 30.0 Å². The molecule has 0 aromatic heterocycles. The summed E-state index contributed by atoms with van der Waals surface area (Å²) in [5, 5.41) is 11.3. The third kappa shape index (κ3) is 5.10. The zero-order valence-electron chi connectivity index (χ0n) is 20.5. The molecule has 0 saturated carbocycles. The van der Waals surface area contributed by atoms with E-state index in [0.29, 0.717) is 30.9 Å². The van der Waals surface area contributed by atoms with E-state index >= 15 is 0 Å². The molecule has 2 aromatic rings. The molecule has 0 bridgehead atoms. The van der Waals surface area contributed by atoms with Crippen LogP contribution < -0.4 is 9.47 Å². The van der Waals surface area contributed by atoms with E-state index in [0.717, 1.165) is 29.8 Å². The first-order valence-electron chi connectivity index (χ1n) is 11.9. The molecule has 1 N–H and O–H groups in total. The number of ketones is 1. The average Bonchev–Trinajstić information content (AvgIpc) is 3.33. The number of nitrogens with zero attached hydrogens (tertiary/aromatic N) is 2. The Morgan fingerprint density at radius 3 is 2.66 bits per heavy atom. The van der Waals surface area contributed by atoms with Gasteiger partial charge in [-0.25, -0.2) is 0 Å². The van der Waals surface area contributed by atoms with Crippen molar-refractivity contribution in [3.63, 3.8) is 0 Å². The maximum Gasteiger partial charge on any atom is 0.295 e. The van der Waals surface area contributed by atoms with Crippen molar-refractivity contribution >= 4 is 17.4 Å². The summed E-state index contributed by atoms with van der Waals surface area (Å²) in [6.45, 7) is 7.19. The Hall–Kier alpha value is -3.58. The summed E-state index contributed by atoms with van der Waals surface area (Å²) < 4.78 is 11.4. The highest BCUT2D eigenvalue weighted by atomic mass is 16.5. The van der Waals surface area contributed by atoms with E-state index in [4.69, 9.17) is 9.47 Å². The molecule has 2 aliphatic rings. The van der Waals surface area contributed by atoms with Gasteiger partial charge in [-0.3, -0.25) is 9.59 Å².